The molecule has 13 rings (SSSR count). The molecule has 0 amide bonds. The number of para-hydroxylation sites is 4. The monoisotopic (exact) mass is 762 g/mol. The predicted octanol–water partition coefficient (Wildman–Crippen LogP) is 15.7. The maximum atomic E-state index is 6.27. The van der Waals surface area contributed by atoms with Gasteiger partial charge in [0.15, 0.2) is 11.5 Å². The molecule has 3 heteroatoms. The lowest BCUT2D eigenvalue weighted by molar-refractivity contribution is -0.00518. The average Bonchev–Trinajstić information content (AvgIpc) is 3.28. The van der Waals surface area contributed by atoms with Crippen molar-refractivity contribution in [2.24, 2.45) is 17.8 Å². The molecule has 4 saturated carbocycles. The normalized spacial score (nSPS) is 21.2. The molecule has 0 atom stereocenters. The Morgan fingerprint density at radius 1 is 0.441 bits per heavy atom. The third-order valence-corrected chi connectivity index (χ3v) is 14.0. The molecule has 286 valence electrons. The van der Waals surface area contributed by atoms with Crippen LogP contribution >= 0.6 is 0 Å². The highest BCUT2D eigenvalue weighted by atomic mass is 16.5. The second kappa shape index (κ2) is 13.8. The van der Waals surface area contributed by atoms with Crippen LogP contribution in [0.2, 0.25) is 0 Å². The number of benzene rings is 8. The van der Waals surface area contributed by atoms with Crippen LogP contribution < -0.4 is 14.5 Å². The number of rotatable bonds is 7. The topological polar surface area (TPSA) is 15.7 Å². The molecule has 0 saturated heterocycles. The van der Waals surface area contributed by atoms with Gasteiger partial charge in [-0.25, -0.2) is 0 Å². The second-order valence-corrected chi connectivity index (χ2v) is 17.6. The molecule has 0 unspecified atom stereocenters. The molecule has 8 aromatic carbocycles. The van der Waals surface area contributed by atoms with Gasteiger partial charge < -0.3 is 14.5 Å². The molecule has 5 aliphatic rings. The Balaban J connectivity index is 0.880. The lowest BCUT2D eigenvalue weighted by Crippen LogP contribution is -2.48. The lowest BCUT2D eigenvalue weighted by atomic mass is 9.48. The first kappa shape index (κ1) is 34.5. The largest absolute Gasteiger partial charge is 0.453 e. The standard InChI is InChI=1S/C56H46N2O/c1-2-10-50-43(8-1)9-7-11-51(50)44-20-28-47(29-21-44)57(48-30-22-45(23-31-48)56-35-38-32-39(36-56)34-40(33-38)37-56)46-24-16-41(17-25-46)42-18-26-49(27-19-42)58-52-12-3-5-14-54(52)59-55-15-6-4-13-53(55)58/h1-31,38-40H,32-37H2. The molecule has 4 aliphatic carbocycles. The van der Waals surface area contributed by atoms with E-state index in [0.717, 1.165) is 57.7 Å². The van der Waals surface area contributed by atoms with Crippen molar-refractivity contribution in [3.8, 4) is 33.8 Å². The van der Waals surface area contributed by atoms with Crippen molar-refractivity contribution in [2.45, 2.75) is 43.9 Å². The van der Waals surface area contributed by atoms with E-state index in [1.807, 2.05) is 24.3 Å². The number of fused-ring (bicyclic) bond motifs is 3. The van der Waals surface area contributed by atoms with E-state index in [9.17, 15) is 0 Å². The van der Waals surface area contributed by atoms with Gasteiger partial charge in [-0.15, -0.1) is 0 Å². The van der Waals surface area contributed by atoms with Gasteiger partial charge in [0.25, 0.3) is 0 Å². The number of hydrogen-bond acceptors (Lipinski definition) is 3. The third kappa shape index (κ3) is 5.94. The van der Waals surface area contributed by atoms with E-state index in [1.54, 1.807) is 5.56 Å². The van der Waals surface area contributed by atoms with Gasteiger partial charge in [-0.3, -0.25) is 0 Å². The van der Waals surface area contributed by atoms with Gasteiger partial charge in [-0.05, 0) is 173 Å². The van der Waals surface area contributed by atoms with Gasteiger partial charge in [0.2, 0.25) is 0 Å². The molecule has 0 aromatic heterocycles. The molecule has 0 spiro atoms. The Morgan fingerprint density at radius 2 is 0.915 bits per heavy atom. The smallest absolute Gasteiger partial charge is 0.151 e. The van der Waals surface area contributed by atoms with Gasteiger partial charge in [0.1, 0.15) is 0 Å². The summed E-state index contributed by atoms with van der Waals surface area (Å²) in [7, 11) is 0. The molecule has 4 bridgehead atoms. The van der Waals surface area contributed by atoms with Crippen LogP contribution in [0.5, 0.6) is 11.5 Å². The molecule has 3 nitrogen and oxygen atoms in total. The van der Waals surface area contributed by atoms with E-state index in [4.69, 9.17) is 4.74 Å². The summed E-state index contributed by atoms with van der Waals surface area (Å²) in [4.78, 5) is 4.72. The van der Waals surface area contributed by atoms with Crippen molar-refractivity contribution in [1.82, 2.24) is 0 Å². The van der Waals surface area contributed by atoms with Gasteiger partial charge in [0, 0.05) is 22.7 Å². The van der Waals surface area contributed by atoms with Crippen LogP contribution in [0.1, 0.15) is 44.1 Å². The van der Waals surface area contributed by atoms with Crippen LogP contribution in [-0.4, -0.2) is 0 Å². The van der Waals surface area contributed by atoms with E-state index in [-0.39, 0.29) is 0 Å². The van der Waals surface area contributed by atoms with E-state index >= 15 is 0 Å². The van der Waals surface area contributed by atoms with Crippen molar-refractivity contribution in [3.63, 3.8) is 0 Å². The highest BCUT2D eigenvalue weighted by molar-refractivity contribution is 5.97. The van der Waals surface area contributed by atoms with Crippen molar-refractivity contribution in [1.29, 1.82) is 0 Å². The minimum absolute atomic E-state index is 0.379. The maximum absolute atomic E-state index is 6.27. The molecule has 0 radical (unpaired) electrons. The Bertz CT molecular complexity index is 2740. The highest BCUT2D eigenvalue weighted by Crippen LogP contribution is 2.61. The molecule has 0 N–H and O–H groups in total. The van der Waals surface area contributed by atoms with Crippen molar-refractivity contribution in [2.75, 3.05) is 9.80 Å². The van der Waals surface area contributed by atoms with E-state index in [0.29, 0.717) is 5.41 Å². The molecule has 8 aromatic rings. The second-order valence-electron chi connectivity index (χ2n) is 17.6. The zero-order valence-corrected chi connectivity index (χ0v) is 33.2. The lowest BCUT2D eigenvalue weighted by Gasteiger charge is -2.57. The predicted molar refractivity (Wildman–Crippen MR) is 244 cm³/mol. The van der Waals surface area contributed by atoms with Crippen LogP contribution in [0.3, 0.4) is 0 Å². The first-order valence-electron chi connectivity index (χ1n) is 21.5. The van der Waals surface area contributed by atoms with E-state index in [1.165, 1.54) is 77.2 Å². The number of nitrogens with zero attached hydrogens (tertiary/aromatic N) is 2. The van der Waals surface area contributed by atoms with Crippen molar-refractivity contribution in [3.05, 3.63) is 194 Å². The summed E-state index contributed by atoms with van der Waals surface area (Å²) in [5.74, 6) is 4.52. The minimum Gasteiger partial charge on any atom is -0.453 e. The zero-order valence-electron chi connectivity index (χ0n) is 33.2. The van der Waals surface area contributed by atoms with Crippen molar-refractivity contribution < 1.29 is 4.74 Å². The van der Waals surface area contributed by atoms with Gasteiger partial charge >= 0.3 is 0 Å². The zero-order chi connectivity index (χ0) is 38.9. The Hall–Kier alpha value is -6.58. The summed E-state index contributed by atoms with van der Waals surface area (Å²) in [6.07, 6.45) is 8.55. The van der Waals surface area contributed by atoms with Crippen LogP contribution in [0.15, 0.2) is 188 Å². The molecule has 1 aliphatic heterocycles. The first-order chi connectivity index (χ1) is 29.1. The van der Waals surface area contributed by atoms with Crippen LogP contribution in [0, 0.1) is 17.8 Å². The van der Waals surface area contributed by atoms with Crippen LogP contribution in [0.25, 0.3) is 33.0 Å². The Kier molecular flexibility index (Phi) is 8.04. The number of ether oxygens (including phenoxy) is 1. The van der Waals surface area contributed by atoms with Gasteiger partial charge in [-0.2, -0.15) is 0 Å². The summed E-state index contributed by atoms with van der Waals surface area (Å²) in [5, 5.41) is 2.55. The summed E-state index contributed by atoms with van der Waals surface area (Å²) in [5.41, 5.74) is 13.5. The molecule has 1 heterocycles. The molecule has 4 fully saturated rings. The van der Waals surface area contributed by atoms with E-state index in [2.05, 4.69) is 174 Å². The highest BCUT2D eigenvalue weighted by Gasteiger charge is 2.51. The van der Waals surface area contributed by atoms with Crippen molar-refractivity contribution >= 4 is 44.9 Å². The molecular formula is C56H46N2O. The summed E-state index contributed by atoms with van der Waals surface area (Å²) < 4.78 is 6.27. The number of anilines is 6. The minimum atomic E-state index is 0.379. The molecule has 59 heavy (non-hydrogen) atoms. The van der Waals surface area contributed by atoms with Crippen LogP contribution in [-0.2, 0) is 5.41 Å². The average molecular weight is 763 g/mol. The quantitative estimate of drug-likeness (QED) is 0.161. The van der Waals surface area contributed by atoms with Gasteiger partial charge in [-0.1, -0.05) is 115 Å². The van der Waals surface area contributed by atoms with E-state index < -0.39 is 0 Å². The SMILES string of the molecule is c1ccc2c(c1)Oc1ccccc1N2c1ccc(-c2ccc(N(c3ccc(-c4cccc5ccccc45)cc3)c3ccc(C45CC6CC(CC(C6)C4)C5)cc3)cc2)cc1. The Labute approximate surface area is 347 Å². The summed E-state index contributed by atoms with van der Waals surface area (Å²) >= 11 is 0. The van der Waals surface area contributed by atoms with Gasteiger partial charge in [0.05, 0.1) is 11.4 Å². The molecular weight excluding hydrogens is 717 g/mol. The first-order valence-corrected chi connectivity index (χ1v) is 21.5. The Morgan fingerprint density at radius 3 is 1.51 bits per heavy atom. The number of hydrogen-bond donors (Lipinski definition) is 0. The summed E-state index contributed by atoms with van der Waals surface area (Å²) in [6.45, 7) is 0. The summed E-state index contributed by atoms with van der Waals surface area (Å²) in [6, 6.07) is 68.7. The van der Waals surface area contributed by atoms with Crippen LogP contribution in [0.4, 0.5) is 34.1 Å². The fourth-order valence-corrected chi connectivity index (χ4v) is 11.7. The fraction of sp³-hybridized carbons (Fsp3) is 0.179. The fourth-order valence-electron chi connectivity index (χ4n) is 11.7. The third-order valence-electron chi connectivity index (χ3n) is 14.0. The maximum Gasteiger partial charge on any atom is 0.151 e.